The van der Waals surface area contributed by atoms with Crippen molar-refractivity contribution in [2.75, 3.05) is 0 Å². The summed E-state index contributed by atoms with van der Waals surface area (Å²) < 4.78 is 2.23. The first-order valence-corrected chi connectivity index (χ1v) is 7.96. The highest BCUT2D eigenvalue weighted by Crippen LogP contribution is 2.08. The van der Waals surface area contributed by atoms with Crippen molar-refractivity contribution in [3.8, 4) is 0 Å². The molecule has 1 aromatic rings. The molecule has 0 aliphatic carbocycles. The van der Waals surface area contributed by atoms with Gasteiger partial charge in [0.25, 0.3) is 0 Å². The Kier molecular flexibility index (Phi) is 8.55. The van der Waals surface area contributed by atoms with Crippen LogP contribution in [-0.4, -0.2) is 15.6 Å². The molecule has 19 heavy (non-hydrogen) atoms. The van der Waals surface area contributed by atoms with E-state index in [1.165, 1.54) is 44.9 Å². The summed E-state index contributed by atoms with van der Waals surface area (Å²) in [7, 11) is 0. The van der Waals surface area contributed by atoms with Crippen molar-refractivity contribution in [3.63, 3.8) is 0 Å². The number of nitrogens with one attached hydrogen (secondary N) is 1. The first-order valence-electron chi connectivity index (χ1n) is 7.96. The van der Waals surface area contributed by atoms with E-state index in [0.717, 1.165) is 18.8 Å². The minimum Gasteiger partial charge on any atom is -0.337 e. The molecule has 0 atom stereocenters. The number of imidazole rings is 1. The van der Waals surface area contributed by atoms with Crippen molar-refractivity contribution >= 4 is 0 Å². The number of nitrogens with zero attached hydrogens (tertiary/aromatic N) is 2. The predicted octanol–water partition coefficient (Wildman–Crippen LogP) is 4.13. The van der Waals surface area contributed by atoms with Crippen LogP contribution in [0.1, 0.15) is 71.4 Å². The number of unbranched alkanes of at least 4 members (excludes halogenated alkanes) is 6. The van der Waals surface area contributed by atoms with Crippen LogP contribution in [0.5, 0.6) is 0 Å². The van der Waals surface area contributed by atoms with E-state index in [-0.39, 0.29) is 0 Å². The van der Waals surface area contributed by atoms with Gasteiger partial charge in [0.05, 0.1) is 12.0 Å². The lowest BCUT2D eigenvalue weighted by molar-refractivity contribution is 0.549. The number of hydrogen-bond acceptors (Lipinski definition) is 2. The van der Waals surface area contributed by atoms with Crippen LogP contribution < -0.4 is 5.32 Å². The molecule has 1 rings (SSSR count). The Morgan fingerprint density at radius 1 is 1.11 bits per heavy atom. The van der Waals surface area contributed by atoms with E-state index in [2.05, 4.69) is 41.8 Å². The minimum absolute atomic E-state index is 0.522. The quantitative estimate of drug-likeness (QED) is 0.610. The fourth-order valence-electron chi connectivity index (χ4n) is 2.18. The Morgan fingerprint density at radius 3 is 2.47 bits per heavy atom. The second-order valence-corrected chi connectivity index (χ2v) is 5.76. The van der Waals surface area contributed by atoms with E-state index in [1.54, 1.807) is 0 Å². The van der Waals surface area contributed by atoms with Gasteiger partial charge in [0.2, 0.25) is 0 Å². The molecule has 3 nitrogen and oxygen atoms in total. The van der Waals surface area contributed by atoms with Gasteiger partial charge in [0, 0.05) is 25.3 Å². The van der Waals surface area contributed by atoms with Gasteiger partial charge in [-0.15, -0.1) is 0 Å². The van der Waals surface area contributed by atoms with Gasteiger partial charge in [-0.1, -0.05) is 59.3 Å². The Morgan fingerprint density at radius 2 is 1.79 bits per heavy atom. The summed E-state index contributed by atoms with van der Waals surface area (Å²) in [6.07, 6.45) is 13.7. The van der Waals surface area contributed by atoms with Crippen LogP contribution >= 0.6 is 0 Å². The fraction of sp³-hybridized carbons (Fsp3) is 0.812. The summed E-state index contributed by atoms with van der Waals surface area (Å²) in [5.74, 6) is 0. The van der Waals surface area contributed by atoms with Gasteiger partial charge in [0.15, 0.2) is 0 Å². The third-order valence-corrected chi connectivity index (χ3v) is 3.40. The Labute approximate surface area is 118 Å². The lowest BCUT2D eigenvalue weighted by Gasteiger charge is -2.05. The van der Waals surface area contributed by atoms with Crippen LogP contribution in [-0.2, 0) is 13.1 Å². The number of rotatable bonds is 11. The lowest BCUT2D eigenvalue weighted by Crippen LogP contribution is -2.21. The van der Waals surface area contributed by atoms with E-state index in [9.17, 15) is 0 Å². The SMILES string of the molecule is CCCCCCCCCn1cnc(CNC(C)C)c1. The first kappa shape index (κ1) is 16.2. The summed E-state index contributed by atoms with van der Waals surface area (Å²) in [6.45, 7) is 8.58. The number of aromatic nitrogens is 2. The molecule has 0 spiro atoms. The third-order valence-electron chi connectivity index (χ3n) is 3.40. The standard InChI is InChI=1S/C16H31N3/c1-4-5-6-7-8-9-10-11-19-13-16(18-14-19)12-17-15(2)3/h13-15,17H,4-12H2,1-3H3. The summed E-state index contributed by atoms with van der Waals surface area (Å²) >= 11 is 0. The number of hydrogen-bond donors (Lipinski definition) is 1. The molecule has 0 amide bonds. The molecule has 0 aliphatic heterocycles. The third kappa shape index (κ3) is 8.04. The van der Waals surface area contributed by atoms with Crippen molar-refractivity contribution < 1.29 is 0 Å². The van der Waals surface area contributed by atoms with Gasteiger partial charge in [0.1, 0.15) is 0 Å². The van der Waals surface area contributed by atoms with E-state index >= 15 is 0 Å². The fourth-order valence-corrected chi connectivity index (χ4v) is 2.18. The normalized spacial score (nSPS) is 11.4. The molecule has 0 saturated heterocycles. The zero-order valence-corrected chi connectivity index (χ0v) is 13.0. The maximum atomic E-state index is 4.43. The molecule has 3 heteroatoms. The van der Waals surface area contributed by atoms with E-state index in [4.69, 9.17) is 0 Å². The van der Waals surface area contributed by atoms with Crippen LogP contribution in [0, 0.1) is 0 Å². The molecule has 1 aromatic heterocycles. The molecular weight excluding hydrogens is 234 g/mol. The Bertz CT molecular complexity index is 318. The highest BCUT2D eigenvalue weighted by molar-refractivity contribution is 4.96. The molecule has 0 radical (unpaired) electrons. The average Bonchev–Trinajstić information content (AvgIpc) is 2.83. The highest BCUT2D eigenvalue weighted by Gasteiger charge is 2.00. The summed E-state index contributed by atoms with van der Waals surface area (Å²) in [6, 6.07) is 0.522. The first-order chi connectivity index (χ1) is 9.22. The van der Waals surface area contributed by atoms with Gasteiger partial charge in [-0.05, 0) is 6.42 Å². The summed E-state index contributed by atoms with van der Waals surface area (Å²) in [4.78, 5) is 4.43. The molecule has 1 heterocycles. The molecule has 1 N–H and O–H groups in total. The van der Waals surface area contributed by atoms with Crippen molar-refractivity contribution in [1.82, 2.24) is 14.9 Å². The van der Waals surface area contributed by atoms with Gasteiger partial charge >= 0.3 is 0 Å². The lowest BCUT2D eigenvalue weighted by atomic mass is 10.1. The Balaban J connectivity index is 2.06. The second kappa shape index (κ2) is 10.0. The molecular formula is C16H31N3. The van der Waals surface area contributed by atoms with Crippen LogP contribution in [0.4, 0.5) is 0 Å². The van der Waals surface area contributed by atoms with Crippen molar-refractivity contribution in [3.05, 3.63) is 18.2 Å². The van der Waals surface area contributed by atoms with Crippen LogP contribution in [0.15, 0.2) is 12.5 Å². The second-order valence-electron chi connectivity index (χ2n) is 5.76. The monoisotopic (exact) mass is 265 g/mol. The van der Waals surface area contributed by atoms with Crippen LogP contribution in [0.25, 0.3) is 0 Å². The smallest absolute Gasteiger partial charge is 0.0949 e. The largest absolute Gasteiger partial charge is 0.337 e. The zero-order valence-electron chi connectivity index (χ0n) is 13.0. The molecule has 0 aromatic carbocycles. The molecule has 0 aliphatic rings. The predicted molar refractivity (Wildman–Crippen MR) is 82.2 cm³/mol. The van der Waals surface area contributed by atoms with Crippen molar-refractivity contribution in [1.29, 1.82) is 0 Å². The van der Waals surface area contributed by atoms with Gasteiger partial charge < -0.3 is 9.88 Å². The maximum Gasteiger partial charge on any atom is 0.0949 e. The summed E-state index contributed by atoms with van der Waals surface area (Å²) in [5, 5.41) is 3.40. The van der Waals surface area contributed by atoms with Gasteiger partial charge in [-0.2, -0.15) is 0 Å². The summed E-state index contributed by atoms with van der Waals surface area (Å²) in [5.41, 5.74) is 1.15. The van der Waals surface area contributed by atoms with Crippen molar-refractivity contribution in [2.24, 2.45) is 0 Å². The minimum atomic E-state index is 0.522. The van der Waals surface area contributed by atoms with Gasteiger partial charge in [-0.25, -0.2) is 4.98 Å². The highest BCUT2D eigenvalue weighted by atomic mass is 15.0. The molecule has 0 unspecified atom stereocenters. The molecule has 0 fully saturated rings. The van der Waals surface area contributed by atoms with E-state index < -0.39 is 0 Å². The van der Waals surface area contributed by atoms with Crippen LogP contribution in [0.2, 0.25) is 0 Å². The van der Waals surface area contributed by atoms with Crippen LogP contribution in [0.3, 0.4) is 0 Å². The Hall–Kier alpha value is -0.830. The average molecular weight is 265 g/mol. The molecule has 0 saturated carbocycles. The van der Waals surface area contributed by atoms with Crippen molar-refractivity contribution in [2.45, 2.75) is 84.8 Å². The molecule has 0 bridgehead atoms. The maximum absolute atomic E-state index is 4.43. The van der Waals surface area contributed by atoms with E-state index in [0.29, 0.717) is 6.04 Å². The topological polar surface area (TPSA) is 29.9 Å². The molecule has 110 valence electrons. The van der Waals surface area contributed by atoms with E-state index in [1.807, 2.05) is 6.33 Å². The number of aryl methyl sites for hydroxylation is 1. The van der Waals surface area contributed by atoms with Gasteiger partial charge in [-0.3, -0.25) is 0 Å². The zero-order chi connectivity index (χ0) is 13.9.